The molecule has 2 heterocycles. The van der Waals surface area contributed by atoms with Gasteiger partial charge in [-0.25, -0.2) is 4.79 Å². The molecule has 6 rings (SSSR count). The molecule has 40 heavy (non-hydrogen) atoms. The minimum absolute atomic E-state index is 0.0620. The van der Waals surface area contributed by atoms with Gasteiger partial charge in [-0.3, -0.25) is 4.79 Å². The zero-order chi connectivity index (χ0) is 27.9. The number of amides is 2. The highest BCUT2D eigenvalue weighted by molar-refractivity contribution is 5.86. The third kappa shape index (κ3) is 6.54. The maximum absolute atomic E-state index is 13.5. The Bertz CT molecular complexity index is 1310. The number of carbonyl (C=O) groups excluding carboxylic acids is 2. The molecular formula is C33H36N2O5. The summed E-state index contributed by atoms with van der Waals surface area (Å²) >= 11 is 0. The van der Waals surface area contributed by atoms with Gasteiger partial charge in [0.1, 0.15) is 25.0 Å². The highest BCUT2D eigenvalue weighted by Gasteiger charge is 2.30. The molecule has 2 bridgehead atoms. The van der Waals surface area contributed by atoms with Crippen molar-refractivity contribution in [1.82, 2.24) is 10.6 Å². The summed E-state index contributed by atoms with van der Waals surface area (Å²) in [5.74, 6) is 0.531. The number of fused-ring (bicyclic) bond motifs is 15. The van der Waals surface area contributed by atoms with Crippen molar-refractivity contribution in [2.75, 3.05) is 26.4 Å². The maximum Gasteiger partial charge on any atom is 0.407 e. The van der Waals surface area contributed by atoms with Crippen LogP contribution in [0, 0.1) is 5.92 Å². The lowest BCUT2D eigenvalue weighted by atomic mass is 9.98. The number of benzene rings is 3. The summed E-state index contributed by atoms with van der Waals surface area (Å²) in [6, 6.07) is 22.9. The van der Waals surface area contributed by atoms with Crippen LogP contribution in [0.3, 0.4) is 0 Å². The molecule has 0 aromatic heterocycles. The van der Waals surface area contributed by atoms with Gasteiger partial charge in [-0.1, -0.05) is 80.6 Å². The van der Waals surface area contributed by atoms with E-state index in [2.05, 4.69) is 34.9 Å². The van der Waals surface area contributed by atoms with Crippen LogP contribution in [-0.4, -0.2) is 50.5 Å². The molecule has 0 saturated heterocycles. The highest BCUT2D eigenvalue weighted by atomic mass is 16.5. The first-order chi connectivity index (χ1) is 19.5. The van der Waals surface area contributed by atoms with Crippen LogP contribution < -0.4 is 15.4 Å². The van der Waals surface area contributed by atoms with Crippen molar-refractivity contribution in [3.63, 3.8) is 0 Å². The monoisotopic (exact) mass is 540 g/mol. The zero-order valence-corrected chi connectivity index (χ0v) is 23.0. The molecule has 7 heteroatoms. The van der Waals surface area contributed by atoms with Gasteiger partial charge in [0.05, 0.1) is 19.3 Å². The average molecular weight is 541 g/mol. The molecule has 0 spiro atoms. The normalized spacial score (nSPS) is 20.2. The minimum atomic E-state index is -0.823. The molecule has 2 aliphatic heterocycles. The molecule has 2 atom stereocenters. The van der Waals surface area contributed by atoms with E-state index in [1.54, 1.807) is 0 Å². The second-order valence-corrected chi connectivity index (χ2v) is 10.5. The topological polar surface area (TPSA) is 85.9 Å². The number of ether oxygens (including phenoxy) is 3. The third-order valence-electron chi connectivity index (χ3n) is 7.47. The van der Waals surface area contributed by atoms with Gasteiger partial charge in [-0.15, -0.1) is 0 Å². The average Bonchev–Trinajstić information content (AvgIpc) is 3.28. The zero-order valence-electron chi connectivity index (χ0n) is 23.0. The van der Waals surface area contributed by atoms with Crippen molar-refractivity contribution in [2.24, 2.45) is 5.92 Å². The maximum atomic E-state index is 13.5. The van der Waals surface area contributed by atoms with E-state index < -0.39 is 12.1 Å². The van der Waals surface area contributed by atoms with Crippen molar-refractivity contribution in [3.05, 3.63) is 102 Å². The Morgan fingerprint density at radius 2 is 1.60 bits per heavy atom. The van der Waals surface area contributed by atoms with Crippen LogP contribution in [0.2, 0.25) is 0 Å². The Morgan fingerprint density at radius 3 is 2.27 bits per heavy atom. The lowest BCUT2D eigenvalue weighted by Gasteiger charge is -2.26. The summed E-state index contributed by atoms with van der Waals surface area (Å²) in [6.45, 7) is 5.46. The van der Waals surface area contributed by atoms with Gasteiger partial charge in [0.15, 0.2) is 0 Å². The quantitative estimate of drug-likeness (QED) is 0.442. The molecule has 1 unspecified atom stereocenters. The van der Waals surface area contributed by atoms with E-state index in [1.807, 2.05) is 74.5 Å². The molecule has 0 saturated carbocycles. The first kappa shape index (κ1) is 27.5. The smallest absolute Gasteiger partial charge is 0.407 e. The van der Waals surface area contributed by atoms with E-state index in [0.717, 1.165) is 33.6 Å². The summed E-state index contributed by atoms with van der Waals surface area (Å²) in [5, 5.41) is 5.92. The van der Waals surface area contributed by atoms with E-state index in [4.69, 9.17) is 14.2 Å². The number of alkyl carbamates (subject to hydrolysis) is 1. The lowest BCUT2D eigenvalue weighted by molar-refractivity contribution is -0.124. The summed E-state index contributed by atoms with van der Waals surface area (Å²) < 4.78 is 17.3. The largest absolute Gasteiger partial charge is 0.490 e. The van der Waals surface area contributed by atoms with Crippen LogP contribution >= 0.6 is 0 Å². The molecule has 3 aromatic rings. The Labute approximate surface area is 235 Å². The minimum Gasteiger partial charge on any atom is -0.490 e. The second kappa shape index (κ2) is 12.8. The number of hydrogen-bond donors (Lipinski definition) is 2. The van der Waals surface area contributed by atoms with Crippen LogP contribution in [0.1, 0.15) is 36.5 Å². The van der Waals surface area contributed by atoms with Crippen LogP contribution in [-0.2, 0) is 20.7 Å². The molecule has 1 aliphatic carbocycles. The summed E-state index contributed by atoms with van der Waals surface area (Å²) in [7, 11) is 0. The van der Waals surface area contributed by atoms with Gasteiger partial charge >= 0.3 is 6.09 Å². The lowest BCUT2D eigenvalue weighted by Crippen LogP contribution is -2.53. The molecule has 0 fully saturated rings. The fourth-order valence-corrected chi connectivity index (χ4v) is 5.18. The van der Waals surface area contributed by atoms with Crippen molar-refractivity contribution in [1.29, 1.82) is 0 Å². The molecular weight excluding hydrogens is 504 g/mol. The SMILES string of the molecule is CC(C)C1COC/C=C/COc2ccc(cc2)C[C@@H](NC(=O)OCC2c3ccccc3-c3ccccc32)C(=O)N1. The Kier molecular flexibility index (Phi) is 8.81. The van der Waals surface area contributed by atoms with Gasteiger partial charge in [-0.05, 0) is 51.9 Å². The predicted octanol–water partition coefficient (Wildman–Crippen LogP) is 5.24. The fourth-order valence-electron chi connectivity index (χ4n) is 5.18. The second-order valence-electron chi connectivity index (χ2n) is 10.5. The summed E-state index contributed by atoms with van der Waals surface area (Å²) in [5.41, 5.74) is 5.49. The van der Waals surface area contributed by atoms with Gasteiger partial charge in [0.25, 0.3) is 0 Å². The molecule has 2 N–H and O–H groups in total. The number of carbonyl (C=O) groups is 2. The van der Waals surface area contributed by atoms with E-state index in [0.29, 0.717) is 26.2 Å². The molecule has 3 aromatic carbocycles. The van der Waals surface area contributed by atoms with Crippen molar-refractivity contribution < 1.29 is 23.8 Å². The molecule has 2 amide bonds. The van der Waals surface area contributed by atoms with Crippen molar-refractivity contribution in [3.8, 4) is 16.9 Å². The Hall–Kier alpha value is -4.10. The van der Waals surface area contributed by atoms with E-state index in [1.165, 1.54) is 0 Å². The standard InChI is InChI=1S/C33H36N2O5/c1-22(2)31-21-38-17-7-8-18-39-24-15-13-23(14-16-24)19-30(32(36)34-31)35-33(37)40-20-29-27-11-5-3-9-25(27)26-10-4-6-12-28(26)29/h3-16,22,29-31H,17-21H2,1-2H3,(H,34,36)(H,35,37)/b8-7+/t30-,31?/m1/s1. The third-order valence-corrected chi connectivity index (χ3v) is 7.47. The molecule has 0 radical (unpaired) electrons. The summed E-state index contributed by atoms with van der Waals surface area (Å²) in [4.78, 5) is 26.6. The fraction of sp³-hybridized carbons (Fsp3) is 0.333. The van der Waals surface area contributed by atoms with Crippen molar-refractivity contribution in [2.45, 2.75) is 38.3 Å². The Balaban J connectivity index is 1.30. The predicted molar refractivity (Wildman–Crippen MR) is 154 cm³/mol. The van der Waals surface area contributed by atoms with Crippen LogP contribution in [0.4, 0.5) is 4.79 Å². The molecule has 7 nitrogen and oxygen atoms in total. The van der Waals surface area contributed by atoms with Gasteiger partial charge in [0.2, 0.25) is 5.91 Å². The summed E-state index contributed by atoms with van der Waals surface area (Å²) in [6.07, 6.45) is 3.50. The van der Waals surface area contributed by atoms with E-state index in [-0.39, 0.29) is 30.4 Å². The van der Waals surface area contributed by atoms with E-state index in [9.17, 15) is 9.59 Å². The molecule has 208 valence electrons. The first-order valence-corrected chi connectivity index (χ1v) is 13.9. The van der Waals surface area contributed by atoms with E-state index >= 15 is 0 Å². The first-order valence-electron chi connectivity index (χ1n) is 13.9. The van der Waals surface area contributed by atoms with Crippen LogP contribution in [0.25, 0.3) is 11.1 Å². The highest BCUT2D eigenvalue weighted by Crippen LogP contribution is 2.44. The van der Waals surface area contributed by atoms with Gasteiger partial charge < -0.3 is 24.8 Å². The van der Waals surface area contributed by atoms with Crippen LogP contribution in [0.5, 0.6) is 5.75 Å². The number of rotatable bonds is 4. The molecule has 3 aliphatic rings. The van der Waals surface area contributed by atoms with Gasteiger partial charge in [-0.2, -0.15) is 0 Å². The number of hydrogen-bond acceptors (Lipinski definition) is 5. The number of nitrogens with one attached hydrogen (secondary N) is 2. The van der Waals surface area contributed by atoms with Gasteiger partial charge in [0, 0.05) is 12.3 Å². The Morgan fingerprint density at radius 1 is 0.950 bits per heavy atom. The van der Waals surface area contributed by atoms with Crippen molar-refractivity contribution >= 4 is 12.0 Å². The van der Waals surface area contributed by atoms with Crippen LogP contribution in [0.15, 0.2) is 84.9 Å².